The van der Waals surface area contributed by atoms with Crippen molar-refractivity contribution in [2.24, 2.45) is 0 Å². The molecule has 0 bridgehead atoms. The second kappa shape index (κ2) is 9.09. The first kappa shape index (κ1) is 20.7. The molecule has 1 aliphatic heterocycles. The highest BCUT2D eigenvalue weighted by Crippen LogP contribution is 2.39. The minimum absolute atomic E-state index is 0.0642. The van der Waals surface area contributed by atoms with E-state index in [9.17, 15) is 9.90 Å². The predicted molar refractivity (Wildman–Crippen MR) is 118 cm³/mol. The first-order valence-corrected chi connectivity index (χ1v) is 10.5. The maximum absolute atomic E-state index is 11.9. The van der Waals surface area contributed by atoms with Crippen LogP contribution in [0, 0.1) is 0 Å². The lowest BCUT2D eigenvalue weighted by Crippen LogP contribution is -2.31. The zero-order chi connectivity index (χ0) is 21.1. The summed E-state index contributed by atoms with van der Waals surface area (Å²) in [5.41, 5.74) is 2.00. The van der Waals surface area contributed by atoms with Crippen molar-refractivity contribution in [1.29, 1.82) is 0 Å². The highest BCUT2D eigenvalue weighted by molar-refractivity contribution is 7.97. The number of fused-ring (bicyclic) bond motifs is 1. The van der Waals surface area contributed by atoms with Crippen LogP contribution in [0.5, 0.6) is 5.75 Å². The Bertz CT molecular complexity index is 1090. The highest BCUT2D eigenvalue weighted by atomic mass is 35.5. The van der Waals surface area contributed by atoms with Crippen LogP contribution >= 0.6 is 23.5 Å². The lowest BCUT2D eigenvalue weighted by molar-refractivity contribution is 0.0694. The van der Waals surface area contributed by atoms with Crippen molar-refractivity contribution >= 4 is 51.8 Å². The number of ether oxygens (including phenoxy) is 2. The van der Waals surface area contributed by atoms with Gasteiger partial charge in [-0.15, -0.1) is 0 Å². The molecule has 0 radical (unpaired) electrons. The number of pyridine rings is 1. The lowest BCUT2D eigenvalue weighted by Gasteiger charge is -2.26. The second-order valence-electron chi connectivity index (χ2n) is 6.60. The third-order valence-electron chi connectivity index (χ3n) is 4.71. The van der Waals surface area contributed by atoms with Crippen LogP contribution in [0.1, 0.15) is 10.4 Å². The van der Waals surface area contributed by atoms with Gasteiger partial charge in [0, 0.05) is 29.7 Å². The van der Waals surface area contributed by atoms with Crippen molar-refractivity contribution < 1.29 is 19.4 Å². The SMILES string of the molecule is COc1cccc(Nc2c(SN3CCOCC3)cnc3ccc(Cl)cc23)c1C(=O)O. The van der Waals surface area contributed by atoms with Gasteiger partial charge in [-0.3, -0.25) is 4.98 Å². The van der Waals surface area contributed by atoms with Crippen LogP contribution in [0.25, 0.3) is 10.9 Å². The van der Waals surface area contributed by atoms with Crippen molar-refractivity contribution in [3.05, 3.63) is 53.2 Å². The minimum Gasteiger partial charge on any atom is -0.496 e. The van der Waals surface area contributed by atoms with Crippen molar-refractivity contribution in [2.45, 2.75) is 4.90 Å². The standard InChI is InChI=1S/C21H20ClN3O4S/c1-28-17-4-2-3-16(19(17)21(26)27)24-20-14-11-13(22)5-6-15(14)23-12-18(20)30-25-7-9-29-10-8-25/h2-6,11-12H,7-10H2,1H3,(H,23,24)(H,26,27). The molecule has 1 aromatic heterocycles. The molecule has 0 aliphatic carbocycles. The fraction of sp³-hybridized carbons (Fsp3) is 0.238. The Labute approximate surface area is 183 Å². The first-order chi connectivity index (χ1) is 14.6. The van der Waals surface area contributed by atoms with Crippen LogP contribution in [0.3, 0.4) is 0 Å². The van der Waals surface area contributed by atoms with Gasteiger partial charge >= 0.3 is 5.97 Å². The molecule has 0 amide bonds. The van der Waals surface area contributed by atoms with Crippen LogP contribution in [0.2, 0.25) is 5.02 Å². The summed E-state index contributed by atoms with van der Waals surface area (Å²) in [6, 6.07) is 10.5. The molecule has 9 heteroatoms. The van der Waals surface area contributed by atoms with E-state index >= 15 is 0 Å². The number of benzene rings is 2. The lowest BCUT2D eigenvalue weighted by atomic mass is 10.1. The normalized spacial score (nSPS) is 14.6. The Morgan fingerprint density at radius 3 is 2.83 bits per heavy atom. The molecule has 4 rings (SSSR count). The quantitative estimate of drug-likeness (QED) is 0.529. The molecule has 1 saturated heterocycles. The third-order valence-corrected chi connectivity index (χ3v) is 6.08. The predicted octanol–water partition coefficient (Wildman–Crippen LogP) is 4.68. The van der Waals surface area contributed by atoms with Gasteiger partial charge in [-0.1, -0.05) is 17.7 Å². The van der Waals surface area contributed by atoms with Gasteiger partial charge in [0.15, 0.2) is 0 Å². The molecule has 0 spiro atoms. The number of morpholine rings is 1. The maximum atomic E-state index is 11.9. The molecule has 1 aliphatic rings. The Balaban J connectivity index is 1.83. The molecule has 30 heavy (non-hydrogen) atoms. The summed E-state index contributed by atoms with van der Waals surface area (Å²) in [7, 11) is 1.45. The molecule has 3 aromatic rings. The molecule has 0 atom stereocenters. The van der Waals surface area contributed by atoms with E-state index in [-0.39, 0.29) is 11.3 Å². The number of nitrogens with zero attached hydrogens (tertiary/aromatic N) is 2. The van der Waals surface area contributed by atoms with Gasteiger partial charge in [0.2, 0.25) is 0 Å². The molecule has 2 heterocycles. The Morgan fingerprint density at radius 1 is 1.30 bits per heavy atom. The van der Waals surface area contributed by atoms with E-state index in [1.165, 1.54) is 7.11 Å². The van der Waals surface area contributed by atoms with Gasteiger partial charge in [-0.2, -0.15) is 0 Å². The molecule has 0 unspecified atom stereocenters. The van der Waals surface area contributed by atoms with Crippen molar-refractivity contribution in [1.82, 2.24) is 9.29 Å². The number of aromatic nitrogens is 1. The molecule has 2 N–H and O–H groups in total. The van der Waals surface area contributed by atoms with Gasteiger partial charge in [0.25, 0.3) is 0 Å². The fourth-order valence-corrected chi connectivity index (χ4v) is 4.42. The number of nitrogens with one attached hydrogen (secondary N) is 1. The van der Waals surface area contributed by atoms with Gasteiger partial charge in [-0.25, -0.2) is 9.10 Å². The topological polar surface area (TPSA) is 83.9 Å². The van der Waals surface area contributed by atoms with Crippen LogP contribution in [-0.4, -0.2) is 53.8 Å². The molecular weight excluding hydrogens is 426 g/mol. The minimum atomic E-state index is -1.08. The number of methoxy groups -OCH3 is 1. The number of carbonyl (C=O) groups is 1. The second-order valence-corrected chi connectivity index (χ2v) is 8.18. The molecule has 2 aromatic carbocycles. The van der Waals surface area contributed by atoms with Gasteiger partial charge in [0.1, 0.15) is 11.3 Å². The molecular formula is C21H20ClN3O4S. The van der Waals surface area contributed by atoms with Crippen LogP contribution in [0.4, 0.5) is 11.4 Å². The van der Waals surface area contributed by atoms with Crippen LogP contribution in [0.15, 0.2) is 47.5 Å². The number of hydrogen-bond acceptors (Lipinski definition) is 7. The largest absolute Gasteiger partial charge is 0.496 e. The Kier molecular flexibility index (Phi) is 6.29. The Hall–Kier alpha value is -2.52. The number of carboxylic acids is 1. The van der Waals surface area contributed by atoms with Crippen molar-refractivity contribution in [3.63, 3.8) is 0 Å². The van der Waals surface area contributed by atoms with Gasteiger partial charge in [0.05, 0.1) is 42.1 Å². The average molecular weight is 446 g/mol. The zero-order valence-corrected chi connectivity index (χ0v) is 17.8. The van der Waals surface area contributed by atoms with Crippen molar-refractivity contribution in [2.75, 3.05) is 38.7 Å². The smallest absolute Gasteiger partial charge is 0.341 e. The molecule has 0 saturated carbocycles. The first-order valence-electron chi connectivity index (χ1n) is 9.33. The van der Waals surface area contributed by atoms with E-state index in [1.807, 2.05) is 12.1 Å². The number of halogens is 1. The number of hydrogen-bond donors (Lipinski definition) is 2. The van der Waals surface area contributed by atoms with Crippen LogP contribution < -0.4 is 10.1 Å². The summed E-state index contributed by atoms with van der Waals surface area (Å²) in [6.07, 6.45) is 1.79. The number of aromatic carboxylic acids is 1. The maximum Gasteiger partial charge on any atom is 0.341 e. The molecule has 1 fully saturated rings. The van der Waals surface area contributed by atoms with E-state index in [0.717, 1.165) is 34.6 Å². The summed E-state index contributed by atoms with van der Waals surface area (Å²) < 4.78 is 12.9. The number of rotatable bonds is 6. The summed E-state index contributed by atoms with van der Waals surface area (Å²) in [5.74, 6) is -0.792. The summed E-state index contributed by atoms with van der Waals surface area (Å²) in [4.78, 5) is 17.4. The third kappa shape index (κ3) is 4.32. The van der Waals surface area contributed by atoms with Crippen molar-refractivity contribution in [3.8, 4) is 5.75 Å². The summed E-state index contributed by atoms with van der Waals surface area (Å²) >= 11 is 7.83. The van der Waals surface area contributed by atoms with E-state index in [2.05, 4.69) is 14.6 Å². The number of carboxylic acid groups (broad SMARTS) is 1. The monoisotopic (exact) mass is 445 g/mol. The van der Waals surface area contributed by atoms with Crippen LogP contribution in [-0.2, 0) is 4.74 Å². The average Bonchev–Trinajstić information content (AvgIpc) is 2.75. The zero-order valence-electron chi connectivity index (χ0n) is 16.2. The van der Waals surface area contributed by atoms with Gasteiger partial charge in [-0.05, 0) is 42.3 Å². The molecule has 7 nitrogen and oxygen atoms in total. The van der Waals surface area contributed by atoms with E-state index < -0.39 is 5.97 Å². The van der Waals surface area contributed by atoms with E-state index in [1.54, 1.807) is 42.4 Å². The van der Waals surface area contributed by atoms with E-state index in [0.29, 0.717) is 23.9 Å². The summed E-state index contributed by atoms with van der Waals surface area (Å²) in [5, 5.41) is 14.5. The molecule has 156 valence electrons. The Morgan fingerprint density at radius 2 is 2.10 bits per heavy atom. The van der Waals surface area contributed by atoms with E-state index in [4.69, 9.17) is 21.1 Å². The van der Waals surface area contributed by atoms with Gasteiger partial charge < -0.3 is 19.9 Å². The fourth-order valence-electron chi connectivity index (χ4n) is 3.28. The summed E-state index contributed by atoms with van der Waals surface area (Å²) in [6.45, 7) is 2.91. The number of anilines is 2. The highest BCUT2D eigenvalue weighted by Gasteiger charge is 2.21.